The van der Waals surface area contributed by atoms with E-state index in [1.54, 1.807) is 27.7 Å². The van der Waals surface area contributed by atoms with Gasteiger partial charge in [0.15, 0.2) is 0 Å². The summed E-state index contributed by atoms with van der Waals surface area (Å²) in [7, 11) is 0. The molecule has 0 aromatic carbocycles. The van der Waals surface area contributed by atoms with Crippen LogP contribution in [0.3, 0.4) is 0 Å². The number of nitriles is 2. The highest BCUT2D eigenvalue weighted by atomic mass is 19.4. The van der Waals surface area contributed by atoms with Gasteiger partial charge >= 0.3 is 30.3 Å². The molecule has 0 aromatic rings. The van der Waals surface area contributed by atoms with Gasteiger partial charge in [0.1, 0.15) is 43.1 Å². The number of hydrogen-bond acceptors (Lipinski definition) is 11. The van der Waals surface area contributed by atoms with Crippen LogP contribution in [0.25, 0.3) is 4.85 Å². The number of alkyl halides is 6. The van der Waals surface area contributed by atoms with Crippen LogP contribution in [0.15, 0.2) is 67.4 Å². The molecule has 380 valence electrons. The van der Waals surface area contributed by atoms with E-state index in [-0.39, 0.29) is 47.8 Å². The van der Waals surface area contributed by atoms with Crippen molar-refractivity contribution in [3.05, 3.63) is 78.8 Å². The van der Waals surface area contributed by atoms with Crippen molar-refractivity contribution in [2.45, 2.75) is 138 Å². The zero-order valence-electron chi connectivity index (χ0n) is 41.3. The Balaban J connectivity index is 1.36. The quantitative estimate of drug-likeness (QED) is 0.0607. The van der Waals surface area contributed by atoms with E-state index in [1.807, 2.05) is 35.8 Å². The summed E-state index contributed by atoms with van der Waals surface area (Å²) in [5.41, 5.74) is -4.67. The second kappa shape index (κ2) is 20.9. The lowest BCUT2D eigenvalue weighted by atomic mass is 9.72. The molecular weight excluding hydrogens is 919 g/mol. The van der Waals surface area contributed by atoms with Crippen molar-refractivity contribution in [2.75, 3.05) is 59.1 Å². The summed E-state index contributed by atoms with van der Waals surface area (Å²) in [5.74, 6) is -6.21. The van der Waals surface area contributed by atoms with Gasteiger partial charge in [-0.3, -0.25) is 0 Å². The number of carbonyl (C=O) groups excluding carboxylic acids is 3. The first-order chi connectivity index (χ1) is 32.7. The van der Waals surface area contributed by atoms with Crippen LogP contribution in [0.4, 0.5) is 26.3 Å². The van der Waals surface area contributed by atoms with Crippen molar-refractivity contribution < 1.29 is 54.9 Å². The van der Waals surface area contributed by atoms with Crippen LogP contribution in [0, 0.1) is 51.4 Å². The second-order valence-electron chi connectivity index (χ2n) is 21.9. The normalized spacial score (nSPS) is 23.8. The van der Waals surface area contributed by atoms with Gasteiger partial charge in [0.05, 0.1) is 23.6 Å². The smallest absolute Gasteiger partial charge is 0.423 e. The second-order valence-corrected chi connectivity index (χ2v) is 21.9. The maximum absolute atomic E-state index is 15.2. The van der Waals surface area contributed by atoms with Crippen molar-refractivity contribution in [1.29, 1.82) is 10.5 Å². The number of esters is 3. The average Bonchev–Trinajstić information content (AvgIpc) is 4.09. The Morgan fingerprint density at radius 3 is 1.21 bits per heavy atom. The fourth-order valence-corrected chi connectivity index (χ4v) is 10.8. The number of halogens is 6. The molecule has 70 heavy (non-hydrogen) atoms. The van der Waals surface area contributed by atoms with Gasteiger partial charge in [0, 0.05) is 61.9 Å². The van der Waals surface area contributed by atoms with E-state index in [0.29, 0.717) is 61.7 Å². The molecular formula is C52H64F6N6O6. The summed E-state index contributed by atoms with van der Waals surface area (Å²) < 4.78 is 107. The van der Waals surface area contributed by atoms with E-state index in [4.69, 9.17) is 20.8 Å². The fourth-order valence-electron chi connectivity index (χ4n) is 10.8. The van der Waals surface area contributed by atoms with Gasteiger partial charge in [-0.05, 0) is 117 Å². The number of rotatable bonds is 12. The molecule has 6 rings (SSSR count). The predicted octanol–water partition coefficient (Wildman–Crippen LogP) is 10.7. The average molecular weight is 983 g/mol. The lowest BCUT2D eigenvalue weighted by molar-refractivity contribution is -0.157. The molecule has 0 bridgehead atoms. The molecule has 0 radical (unpaired) electrons. The summed E-state index contributed by atoms with van der Waals surface area (Å²) in [5, 5.41) is 20.6. The topological polar surface area (TPSA) is 141 Å². The molecule has 3 saturated heterocycles. The zero-order chi connectivity index (χ0) is 51.6. The zero-order valence-corrected chi connectivity index (χ0v) is 41.3. The Kier molecular flexibility index (Phi) is 16.1. The molecule has 0 atom stereocenters. The third-order valence-electron chi connectivity index (χ3n) is 14.1. The fraction of sp³-hybridized carbons (Fsp3) is 0.654. The van der Waals surface area contributed by atoms with E-state index in [0.717, 1.165) is 57.3 Å². The van der Waals surface area contributed by atoms with Crippen LogP contribution in [-0.2, 0) is 28.6 Å². The van der Waals surface area contributed by atoms with Gasteiger partial charge < -0.3 is 28.9 Å². The van der Waals surface area contributed by atoms with Crippen LogP contribution >= 0.6 is 0 Å². The first-order valence-corrected chi connectivity index (χ1v) is 24.2. The third kappa shape index (κ3) is 12.2. The maximum Gasteiger partial charge on any atom is 0.423 e. The number of likely N-dealkylation sites (tertiary alicyclic amines) is 3. The summed E-state index contributed by atoms with van der Waals surface area (Å²) in [6.45, 7) is 21.2. The monoisotopic (exact) mass is 982 g/mol. The first kappa shape index (κ1) is 53.6. The van der Waals surface area contributed by atoms with Gasteiger partial charge in [0.25, 0.3) is 0 Å². The van der Waals surface area contributed by atoms with Crippen LogP contribution in [0.2, 0.25) is 0 Å². The van der Waals surface area contributed by atoms with Crippen LogP contribution in [0.5, 0.6) is 0 Å². The van der Waals surface area contributed by atoms with Crippen molar-refractivity contribution >= 4 is 17.9 Å². The molecule has 3 fully saturated rings. The molecule has 0 aromatic heterocycles. The van der Waals surface area contributed by atoms with Crippen LogP contribution in [0.1, 0.15) is 126 Å². The van der Waals surface area contributed by atoms with E-state index in [2.05, 4.69) is 9.74 Å². The van der Waals surface area contributed by atoms with Crippen LogP contribution < -0.4 is 0 Å². The van der Waals surface area contributed by atoms with Crippen molar-refractivity contribution in [2.24, 2.45) is 22.2 Å². The number of allylic oxidation sites excluding steroid dienone is 8. The Labute approximate surface area is 407 Å². The standard InChI is InChI=1S/C52H64F6N6O6/c1-32(34-21-48(2,3)26-41(44(34)61-8)64-19-13-14-20-64)45(65)68-29-33(30-69-46(66)42(51(53,54)55)35-22-49(4,5)24-39(37(35)27-59)62-15-9-10-16-62)31-70-47(67)43(52(56,57)58)36-23-50(6,7)25-40(38(36)28-60)63-17-11-12-18-63/h33H,9-26,29-31H2,1-7H3/b34-32+,42-35-,43-36-. The van der Waals surface area contributed by atoms with Gasteiger partial charge in [-0.25, -0.2) is 19.2 Å². The molecule has 0 saturated carbocycles. The van der Waals surface area contributed by atoms with Crippen molar-refractivity contribution in [3.8, 4) is 12.1 Å². The van der Waals surface area contributed by atoms with Gasteiger partial charge in [-0.1, -0.05) is 41.5 Å². The number of hydrogen-bond donors (Lipinski definition) is 0. The minimum Gasteiger partial charge on any atom is -0.462 e. The van der Waals surface area contributed by atoms with Gasteiger partial charge in [-0.2, -0.15) is 36.9 Å². The van der Waals surface area contributed by atoms with Gasteiger partial charge in [-0.15, -0.1) is 0 Å². The minimum atomic E-state index is -5.33. The summed E-state index contributed by atoms with van der Waals surface area (Å²) >= 11 is 0. The summed E-state index contributed by atoms with van der Waals surface area (Å²) in [6, 6.07) is 3.82. The van der Waals surface area contributed by atoms with E-state index < -0.39 is 89.1 Å². The SMILES string of the molecule is [C-]#[N+]C1=C(N2CCCC2)CC(C)(C)C/C1=C(/C)C(=O)OCC(COC(=O)/C(=C1\CC(C)(C)CC(N2CCCC2)=C1C#N)C(F)(F)F)COC(=O)/C(=C1\CC(C)(C)CC(N2CCCC2)=C1C#N)C(F)(F)F. The minimum absolute atomic E-state index is 0.0606. The molecule has 0 unspecified atom stereocenters. The number of carbonyl (C=O) groups is 3. The van der Waals surface area contributed by atoms with E-state index in [9.17, 15) is 24.9 Å². The van der Waals surface area contributed by atoms with E-state index in [1.165, 1.54) is 6.92 Å². The molecule has 0 N–H and O–H groups in total. The highest BCUT2D eigenvalue weighted by molar-refractivity contribution is 5.93. The van der Waals surface area contributed by atoms with Crippen molar-refractivity contribution in [3.63, 3.8) is 0 Å². The Bertz CT molecular complexity index is 2320. The van der Waals surface area contributed by atoms with Crippen molar-refractivity contribution in [1.82, 2.24) is 14.7 Å². The molecule has 0 amide bonds. The lowest BCUT2D eigenvalue weighted by Gasteiger charge is -2.38. The predicted molar refractivity (Wildman–Crippen MR) is 246 cm³/mol. The molecule has 0 spiro atoms. The Hall–Kier alpha value is -5.70. The third-order valence-corrected chi connectivity index (χ3v) is 14.1. The molecule has 3 aliphatic heterocycles. The summed E-state index contributed by atoms with van der Waals surface area (Å²) in [6.07, 6.45) is -4.79. The molecule has 3 heterocycles. The highest BCUT2D eigenvalue weighted by Gasteiger charge is 2.49. The molecule has 3 aliphatic carbocycles. The number of ether oxygens (including phenoxy) is 3. The van der Waals surface area contributed by atoms with Crippen LogP contribution in [-0.4, -0.2) is 104 Å². The summed E-state index contributed by atoms with van der Waals surface area (Å²) in [4.78, 5) is 51.3. The highest BCUT2D eigenvalue weighted by Crippen LogP contribution is 2.50. The van der Waals surface area contributed by atoms with Gasteiger partial charge in [0.2, 0.25) is 5.70 Å². The lowest BCUT2D eigenvalue weighted by Crippen LogP contribution is -2.35. The Morgan fingerprint density at radius 1 is 0.571 bits per heavy atom. The van der Waals surface area contributed by atoms with E-state index >= 15 is 26.3 Å². The largest absolute Gasteiger partial charge is 0.462 e. The number of nitrogens with zero attached hydrogens (tertiary/aromatic N) is 6. The molecule has 18 heteroatoms. The Morgan fingerprint density at radius 2 is 0.886 bits per heavy atom. The molecule has 6 aliphatic rings. The maximum atomic E-state index is 15.2. The first-order valence-electron chi connectivity index (χ1n) is 24.2. The molecule has 12 nitrogen and oxygen atoms in total.